The van der Waals surface area contributed by atoms with Crippen molar-refractivity contribution in [2.75, 3.05) is 19.0 Å². The molecule has 2 aromatic heterocycles. The molecule has 4 rings (SSSR count). The highest BCUT2D eigenvalue weighted by Gasteiger charge is 2.29. The lowest BCUT2D eigenvalue weighted by Gasteiger charge is -2.14. The molecule has 0 aliphatic heterocycles. The third-order valence-corrected chi connectivity index (χ3v) is 4.71. The van der Waals surface area contributed by atoms with E-state index in [9.17, 15) is 4.79 Å². The Kier molecular flexibility index (Phi) is 4.81. The monoisotopic (exact) mass is 377 g/mol. The molecule has 28 heavy (non-hydrogen) atoms. The number of nitrogens with zero attached hydrogens (tertiary/aromatic N) is 4. The van der Waals surface area contributed by atoms with Crippen molar-refractivity contribution in [3.8, 4) is 22.6 Å². The van der Waals surface area contributed by atoms with Gasteiger partial charge in [0.1, 0.15) is 0 Å². The number of nitrogens with one attached hydrogen (secondary N) is 1. The largest absolute Gasteiger partial charge is 0.356 e. The van der Waals surface area contributed by atoms with Gasteiger partial charge in [0, 0.05) is 44.4 Å². The van der Waals surface area contributed by atoms with E-state index in [1.54, 1.807) is 6.20 Å². The topological polar surface area (TPSA) is 84.2 Å². The number of aromatic nitrogens is 3. The molecule has 2 heterocycles. The second-order valence-electron chi connectivity index (χ2n) is 7.35. The van der Waals surface area contributed by atoms with Crippen LogP contribution in [0, 0.1) is 12.8 Å². The molecule has 0 saturated heterocycles. The maximum atomic E-state index is 11.8. The lowest BCUT2D eigenvalue weighted by Crippen LogP contribution is -2.24. The molecule has 1 aliphatic rings. The molecule has 0 radical (unpaired) electrons. The van der Waals surface area contributed by atoms with Crippen LogP contribution in [0.2, 0.25) is 0 Å². The summed E-state index contributed by atoms with van der Waals surface area (Å²) in [5.74, 6) is 1.63. The van der Waals surface area contributed by atoms with Crippen molar-refractivity contribution < 1.29 is 9.32 Å². The van der Waals surface area contributed by atoms with Crippen LogP contribution in [0.25, 0.3) is 22.6 Å². The highest BCUT2D eigenvalue weighted by Crippen LogP contribution is 2.32. The molecule has 1 amide bonds. The molecule has 3 aromatic rings. The average Bonchev–Trinajstić information content (AvgIpc) is 3.47. The number of anilines is 1. The quantitative estimate of drug-likeness (QED) is 0.710. The number of benzene rings is 1. The normalized spacial score (nSPS) is 13.4. The summed E-state index contributed by atoms with van der Waals surface area (Å²) in [6, 6.07) is 9.91. The molecule has 1 N–H and O–H groups in total. The molecule has 0 atom stereocenters. The summed E-state index contributed by atoms with van der Waals surface area (Å²) in [7, 11) is 3.81. The summed E-state index contributed by atoms with van der Waals surface area (Å²) >= 11 is 0. The van der Waals surface area contributed by atoms with E-state index in [0.29, 0.717) is 18.3 Å². The third kappa shape index (κ3) is 3.88. The van der Waals surface area contributed by atoms with Gasteiger partial charge in [-0.05, 0) is 25.3 Å². The summed E-state index contributed by atoms with van der Waals surface area (Å²) < 4.78 is 5.44. The van der Waals surface area contributed by atoms with Crippen LogP contribution in [0.1, 0.15) is 24.1 Å². The minimum absolute atomic E-state index is 0.151. The van der Waals surface area contributed by atoms with Gasteiger partial charge in [-0.2, -0.15) is 0 Å². The van der Waals surface area contributed by atoms with Crippen molar-refractivity contribution >= 4 is 11.9 Å². The summed E-state index contributed by atoms with van der Waals surface area (Å²) in [5, 5.41) is 6.97. The number of amides is 1. The lowest BCUT2D eigenvalue weighted by molar-refractivity contribution is -0.122. The van der Waals surface area contributed by atoms with Crippen LogP contribution >= 0.6 is 0 Å². The number of carbonyl (C=O) groups excluding carboxylic acids is 1. The van der Waals surface area contributed by atoms with Crippen molar-refractivity contribution in [1.29, 1.82) is 0 Å². The Balaban J connectivity index is 1.62. The van der Waals surface area contributed by atoms with E-state index in [0.717, 1.165) is 40.9 Å². The Bertz CT molecular complexity index is 990. The van der Waals surface area contributed by atoms with Crippen molar-refractivity contribution in [1.82, 2.24) is 20.4 Å². The molecule has 7 nitrogen and oxygen atoms in total. The van der Waals surface area contributed by atoms with Crippen LogP contribution in [-0.2, 0) is 11.3 Å². The molecule has 0 unspecified atom stereocenters. The van der Waals surface area contributed by atoms with Crippen LogP contribution in [0.5, 0.6) is 0 Å². The first-order valence-electron chi connectivity index (χ1n) is 9.36. The molecule has 7 heteroatoms. The zero-order valence-corrected chi connectivity index (χ0v) is 16.3. The summed E-state index contributed by atoms with van der Waals surface area (Å²) in [6.45, 7) is 2.42. The fourth-order valence-corrected chi connectivity index (χ4v) is 2.94. The van der Waals surface area contributed by atoms with Crippen molar-refractivity contribution in [3.05, 3.63) is 47.8 Å². The third-order valence-electron chi connectivity index (χ3n) is 4.71. The zero-order chi connectivity index (χ0) is 19.7. The smallest absolute Gasteiger partial charge is 0.225 e. The number of hydrogen-bond acceptors (Lipinski definition) is 6. The Morgan fingerprint density at radius 2 is 2.00 bits per heavy atom. The molecule has 1 fully saturated rings. The summed E-state index contributed by atoms with van der Waals surface area (Å²) in [4.78, 5) is 22.8. The van der Waals surface area contributed by atoms with E-state index in [2.05, 4.69) is 15.5 Å². The number of carbonyl (C=O) groups is 1. The van der Waals surface area contributed by atoms with Gasteiger partial charge in [0.15, 0.2) is 5.76 Å². The molecular formula is C21H23N5O2. The van der Waals surface area contributed by atoms with E-state index in [4.69, 9.17) is 9.51 Å². The summed E-state index contributed by atoms with van der Waals surface area (Å²) in [6.07, 6.45) is 3.79. The van der Waals surface area contributed by atoms with Gasteiger partial charge in [0.2, 0.25) is 11.9 Å². The summed E-state index contributed by atoms with van der Waals surface area (Å²) in [5.41, 5.74) is 4.38. The zero-order valence-electron chi connectivity index (χ0n) is 16.3. The van der Waals surface area contributed by atoms with Gasteiger partial charge in [-0.1, -0.05) is 29.4 Å². The van der Waals surface area contributed by atoms with Crippen molar-refractivity contribution in [3.63, 3.8) is 0 Å². The molecule has 1 saturated carbocycles. The Hall–Kier alpha value is -3.22. The molecule has 0 spiro atoms. The lowest BCUT2D eigenvalue weighted by atomic mass is 10.0. The van der Waals surface area contributed by atoms with Crippen LogP contribution < -0.4 is 10.2 Å². The fourth-order valence-electron chi connectivity index (χ4n) is 2.94. The fraction of sp³-hybridized carbons (Fsp3) is 0.333. The second-order valence-corrected chi connectivity index (χ2v) is 7.35. The highest BCUT2D eigenvalue weighted by atomic mass is 16.5. The van der Waals surface area contributed by atoms with E-state index in [1.807, 2.05) is 56.3 Å². The van der Waals surface area contributed by atoms with E-state index in [1.165, 1.54) is 0 Å². The molecule has 0 bridgehead atoms. The SMILES string of the molecule is Cc1cc(-c2cnc(N(C)C)nc2-c2ccc(CNC(=O)C3CC3)cc2)on1. The van der Waals surface area contributed by atoms with Crippen molar-refractivity contribution in [2.45, 2.75) is 26.3 Å². The highest BCUT2D eigenvalue weighted by molar-refractivity contribution is 5.81. The van der Waals surface area contributed by atoms with Gasteiger partial charge < -0.3 is 14.7 Å². The van der Waals surface area contributed by atoms with Crippen LogP contribution in [-0.4, -0.2) is 35.1 Å². The van der Waals surface area contributed by atoms with Gasteiger partial charge in [-0.25, -0.2) is 9.97 Å². The predicted molar refractivity (Wildman–Crippen MR) is 107 cm³/mol. The van der Waals surface area contributed by atoms with E-state index in [-0.39, 0.29) is 11.8 Å². The van der Waals surface area contributed by atoms with Gasteiger partial charge in [-0.15, -0.1) is 0 Å². The first-order valence-corrected chi connectivity index (χ1v) is 9.36. The van der Waals surface area contributed by atoms with E-state index >= 15 is 0 Å². The van der Waals surface area contributed by atoms with Crippen molar-refractivity contribution in [2.24, 2.45) is 5.92 Å². The molecule has 1 aromatic carbocycles. The second kappa shape index (κ2) is 7.42. The van der Waals surface area contributed by atoms with Gasteiger partial charge >= 0.3 is 0 Å². The van der Waals surface area contributed by atoms with Gasteiger partial charge in [0.05, 0.1) is 17.0 Å². The Labute approximate surface area is 163 Å². The van der Waals surface area contributed by atoms with Crippen LogP contribution in [0.4, 0.5) is 5.95 Å². The minimum atomic E-state index is 0.151. The Morgan fingerprint density at radius 1 is 1.25 bits per heavy atom. The first-order chi connectivity index (χ1) is 13.5. The van der Waals surface area contributed by atoms with Crippen LogP contribution in [0.15, 0.2) is 41.1 Å². The first kappa shape index (κ1) is 18.2. The predicted octanol–water partition coefficient (Wildman–Crippen LogP) is 3.20. The van der Waals surface area contributed by atoms with Gasteiger partial charge in [-0.3, -0.25) is 4.79 Å². The van der Waals surface area contributed by atoms with Crippen LogP contribution in [0.3, 0.4) is 0 Å². The van der Waals surface area contributed by atoms with E-state index < -0.39 is 0 Å². The molecular weight excluding hydrogens is 354 g/mol. The Morgan fingerprint density at radius 3 is 2.61 bits per heavy atom. The minimum Gasteiger partial charge on any atom is -0.356 e. The number of aryl methyl sites for hydroxylation is 1. The number of hydrogen-bond donors (Lipinski definition) is 1. The standard InChI is InChI=1S/C21H23N5O2/c1-13-10-18(28-25-13)17-12-23-21(26(2)3)24-19(17)15-6-4-14(5-7-15)11-22-20(27)16-8-9-16/h4-7,10,12,16H,8-9,11H2,1-3H3,(H,22,27). The maximum absolute atomic E-state index is 11.8. The molecule has 1 aliphatic carbocycles. The number of rotatable bonds is 6. The molecule has 144 valence electrons. The van der Waals surface area contributed by atoms with Gasteiger partial charge in [0.25, 0.3) is 0 Å². The average molecular weight is 377 g/mol. The maximum Gasteiger partial charge on any atom is 0.225 e.